The molecule has 0 spiro atoms. The fourth-order valence-electron chi connectivity index (χ4n) is 2.59. The molecule has 2 aliphatic heterocycles. The van der Waals surface area contributed by atoms with Crippen LogP contribution in [-0.2, 0) is 24.6 Å². The molecule has 18 heavy (non-hydrogen) atoms. The molecule has 2 heterocycles. The highest BCUT2D eigenvalue weighted by Crippen LogP contribution is 2.27. The third-order valence-corrected chi connectivity index (χ3v) is 8.05. The summed E-state index contributed by atoms with van der Waals surface area (Å²) in [5, 5.41) is -0.550. The second kappa shape index (κ2) is 4.73. The van der Waals surface area contributed by atoms with Gasteiger partial charge in [0.05, 0.1) is 17.6 Å². The lowest BCUT2D eigenvalue weighted by atomic mass is 10.3. The fourth-order valence-corrected chi connectivity index (χ4v) is 6.44. The maximum absolute atomic E-state index is 12.4. The first-order valence-corrected chi connectivity index (χ1v) is 9.35. The minimum atomic E-state index is -3.48. The van der Waals surface area contributed by atoms with Gasteiger partial charge in [-0.2, -0.15) is 0 Å². The molecule has 106 valence electrons. The summed E-state index contributed by atoms with van der Waals surface area (Å²) in [4.78, 5) is 0. The lowest BCUT2D eigenvalue weighted by molar-refractivity contribution is 0.125. The van der Waals surface area contributed by atoms with Crippen LogP contribution in [0.1, 0.15) is 19.8 Å². The van der Waals surface area contributed by atoms with Gasteiger partial charge in [0.1, 0.15) is 5.25 Å². The first-order chi connectivity index (χ1) is 8.24. The Hall–Kier alpha value is -0.180. The van der Waals surface area contributed by atoms with Crippen molar-refractivity contribution in [1.82, 2.24) is 4.31 Å². The van der Waals surface area contributed by atoms with Crippen LogP contribution in [0.25, 0.3) is 0 Å². The molecular weight excluding hydrogens is 278 g/mol. The number of ether oxygens (including phenoxy) is 1. The van der Waals surface area contributed by atoms with Crippen molar-refractivity contribution in [3.8, 4) is 0 Å². The Morgan fingerprint density at radius 3 is 2.39 bits per heavy atom. The Morgan fingerprint density at radius 1 is 1.28 bits per heavy atom. The zero-order valence-corrected chi connectivity index (χ0v) is 12.2. The summed E-state index contributed by atoms with van der Waals surface area (Å²) in [5.41, 5.74) is 0. The zero-order chi connectivity index (χ0) is 13.6. The second-order valence-corrected chi connectivity index (χ2v) is 9.46. The van der Waals surface area contributed by atoms with Crippen LogP contribution in [0.15, 0.2) is 0 Å². The fraction of sp³-hybridized carbons (Fsp3) is 1.00. The molecule has 2 aliphatic rings. The number of hydrogen-bond donors (Lipinski definition) is 0. The van der Waals surface area contributed by atoms with E-state index in [4.69, 9.17) is 4.74 Å². The van der Waals surface area contributed by atoms with E-state index in [9.17, 15) is 16.8 Å². The largest absolute Gasteiger partial charge is 0.377 e. The summed E-state index contributed by atoms with van der Waals surface area (Å²) in [7, 11) is -5.07. The molecule has 0 aromatic carbocycles. The highest BCUT2D eigenvalue weighted by atomic mass is 32.2. The summed E-state index contributed by atoms with van der Waals surface area (Å²) in [6.07, 6.45) is 0.545. The van der Waals surface area contributed by atoms with Gasteiger partial charge in [0.15, 0.2) is 9.84 Å². The number of sulfone groups is 1. The number of sulfonamides is 1. The zero-order valence-electron chi connectivity index (χ0n) is 10.6. The SMILES string of the molecule is CC1OCCC1S(=O)(=O)N(C)C1CCS(=O)(=O)C1. The van der Waals surface area contributed by atoms with E-state index in [-0.39, 0.29) is 17.6 Å². The average Bonchev–Trinajstić information content (AvgIpc) is 2.83. The smallest absolute Gasteiger partial charge is 0.219 e. The van der Waals surface area contributed by atoms with Crippen molar-refractivity contribution in [1.29, 1.82) is 0 Å². The van der Waals surface area contributed by atoms with E-state index in [0.29, 0.717) is 19.4 Å². The standard InChI is InChI=1S/C10H19NO5S2/c1-8-10(3-5-16-8)18(14,15)11(2)9-4-6-17(12,13)7-9/h8-10H,3-7H2,1-2H3. The summed E-state index contributed by atoms with van der Waals surface area (Å²) in [5.74, 6) is 0.0128. The number of rotatable bonds is 3. The van der Waals surface area contributed by atoms with Crippen molar-refractivity contribution in [2.45, 2.75) is 37.2 Å². The third kappa shape index (κ3) is 2.56. The average molecular weight is 297 g/mol. The van der Waals surface area contributed by atoms with Gasteiger partial charge in [-0.25, -0.2) is 21.1 Å². The van der Waals surface area contributed by atoms with Crippen LogP contribution < -0.4 is 0 Å². The Balaban J connectivity index is 2.15. The molecule has 0 bridgehead atoms. The van der Waals surface area contributed by atoms with Crippen molar-refractivity contribution < 1.29 is 21.6 Å². The van der Waals surface area contributed by atoms with E-state index < -0.39 is 31.2 Å². The Bertz CT molecular complexity index is 512. The van der Waals surface area contributed by atoms with Gasteiger partial charge < -0.3 is 4.74 Å². The van der Waals surface area contributed by atoms with Crippen molar-refractivity contribution in [2.24, 2.45) is 0 Å². The van der Waals surface area contributed by atoms with E-state index in [1.165, 1.54) is 11.4 Å². The summed E-state index contributed by atoms with van der Waals surface area (Å²) >= 11 is 0. The van der Waals surface area contributed by atoms with Crippen LogP contribution in [0, 0.1) is 0 Å². The maximum atomic E-state index is 12.4. The Labute approximate surface area is 108 Å². The van der Waals surface area contributed by atoms with Gasteiger partial charge in [-0.3, -0.25) is 0 Å². The first-order valence-electron chi connectivity index (χ1n) is 6.03. The minimum absolute atomic E-state index is 0.0648. The summed E-state index contributed by atoms with van der Waals surface area (Å²) < 4.78 is 54.1. The number of nitrogens with zero attached hydrogens (tertiary/aromatic N) is 1. The first kappa shape index (κ1) is 14.2. The molecule has 2 rings (SSSR count). The molecule has 0 amide bonds. The number of hydrogen-bond acceptors (Lipinski definition) is 5. The molecular formula is C10H19NO5S2. The van der Waals surface area contributed by atoms with Gasteiger partial charge in [0.25, 0.3) is 0 Å². The normalized spacial score (nSPS) is 36.3. The molecule has 0 aliphatic carbocycles. The quantitative estimate of drug-likeness (QED) is 0.709. The second-order valence-electron chi connectivity index (χ2n) is 5.02. The highest BCUT2D eigenvalue weighted by Gasteiger charge is 2.43. The molecule has 0 saturated carbocycles. The Kier molecular flexibility index (Phi) is 3.74. The molecule has 0 aromatic rings. The van der Waals surface area contributed by atoms with Gasteiger partial charge >= 0.3 is 0 Å². The molecule has 2 saturated heterocycles. The van der Waals surface area contributed by atoms with E-state index >= 15 is 0 Å². The lowest BCUT2D eigenvalue weighted by Crippen LogP contribution is -2.45. The Morgan fingerprint density at radius 2 is 1.94 bits per heavy atom. The molecule has 6 nitrogen and oxygen atoms in total. The van der Waals surface area contributed by atoms with Crippen LogP contribution in [0.3, 0.4) is 0 Å². The molecule has 3 unspecified atom stereocenters. The van der Waals surface area contributed by atoms with Crippen molar-refractivity contribution >= 4 is 19.9 Å². The molecule has 8 heteroatoms. The highest BCUT2D eigenvalue weighted by molar-refractivity contribution is 7.92. The summed E-state index contributed by atoms with van der Waals surface area (Å²) in [6, 6.07) is -0.423. The van der Waals surface area contributed by atoms with Crippen LogP contribution in [0.2, 0.25) is 0 Å². The van der Waals surface area contributed by atoms with E-state index in [1.807, 2.05) is 0 Å². The van der Waals surface area contributed by atoms with Crippen LogP contribution in [0.4, 0.5) is 0 Å². The van der Waals surface area contributed by atoms with Crippen LogP contribution >= 0.6 is 0 Å². The van der Waals surface area contributed by atoms with E-state index in [2.05, 4.69) is 0 Å². The lowest BCUT2D eigenvalue weighted by Gasteiger charge is -2.27. The van der Waals surface area contributed by atoms with Crippen molar-refractivity contribution in [2.75, 3.05) is 25.2 Å². The van der Waals surface area contributed by atoms with E-state index in [1.54, 1.807) is 6.92 Å². The monoisotopic (exact) mass is 297 g/mol. The van der Waals surface area contributed by atoms with Crippen LogP contribution in [-0.4, -0.2) is 63.7 Å². The molecule has 0 aromatic heterocycles. The van der Waals surface area contributed by atoms with Gasteiger partial charge in [-0.05, 0) is 19.8 Å². The molecule has 2 fully saturated rings. The molecule has 0 radical (unpaired) electrons. The maximum Gasteiger partial charge on any atom is 0.219 e. The molecule has 3 atom stereocenters. The summed E-state index contributed by atoms with van der Waals surface area (Å²) in [6.45, 7) is 2.19. The van der Waals surface area contributed by atoms with E-state index in [0.717, 1.165) is 0 Å². The van der Waals surface area contributed by atoms with Gasteiger partial charge in [0, 0.05) is 19.7 Å². The van der Waals surface area contributed by atoms with Gasteiger partial charge in [0.2, 0.25) is 10.0 Å². The van der Waals surface area contributed by atoms with Gasteiger partial charge in [-0.1, -0.05) is 0 Å². The molecule has 0 N–H and O–H groups in total. The van der Waals surface area contributed by atoms with Crippen molar-refractivity contribution in [3.63, 3.8) is 0 Å². The predicted molar refractivity (Wildman–Crippen MR) is 67.6 cm³/mol. The topological polar surface area (TPSA) is 80.8 Å². The minimum Gasteiger partial charge on any atom is -0.377 e. The van der Waals surface area contributed by atoms with Crippen LogP contribution in [0.5, 0.6) is 0 Å². The van der Waals surface area contributed by atoms with Gasteiger partial charge in [-0.15, -0.1) is 0 Å². The van der Waals surface area contributed by atoms with Crippen molar-refractivity contribution in [3.05, 3.63) is 0 Å². The third-order valence-electron chi connectivity index (χ3n) is 3.81. The predicted octanol–water partition coefficient (Wildman–Crippen LogP) is -0.387.